The number of rotatable bonds is 4. The summed E-state index contributed by atoms with van der Waals surface area (Å²) in [7, 11) is 0. The SMILES string of the molecule is Cc1cc(C(=O)OCC(=O)NC2CCCCCCC2)c2ccccc2n1. The van der Waals surface area contributed by atoms with Crippen molar-refractivity contribution in [2.45, 2.75) is 57.9 Å². The highest BCUT2D eigenvalue weighted by molar-refractivity contribution is 6.04. The third kappa shape index (κ3) is 4.81. The number of para-hydroxylation sites is 1. The van der Waals surface area contributed by atoms with E-state index < -0.39 is 5.97 Å². The van der Waals surface area contributed by atoms with Crippen LogP contribution in [0.1, 0.15) is 61.0 Å². The van der Waals surface area contributed by atoms with Crippen LogP contribution in [0.2, 0.25) is 0 Å². The van der Waals surface area contributed by atoms with E-state index in [1.165, 1.54) is 19.3 Å². The van der Waals surface area contributed by atoms with Gasteiger partial charge in [0.25, 0.3) is 5.91 Å². The summed E-state index contributed by atoms with van der Waals surface area (Å²) < 4.78 is 5.27. The normalized spacial score (nSPS) is 15.9. The van der Waals surface area contributed by atoms with Gasteiger partial charge in [-0.1, -0.05) is 50.3 Å². The van der Waals surface area contributed by atoms with Crippen molar-refractivity contribution in [3.8, 4) is 0 Å². The van der Waals surface area contributed by atoms with Crippen LogP contribution in [0.25, 0.3) is 10.9 Å². The number of aromatic nitrogens is 1. The average Bonchev–Trinajstić information content (AvgIpc) is 2.61. The topological polar surface area (TPSA) is 68.3 Å². The lowest BCUT2D eigenvalue weighted by atomic mass is 9.97. The maximum Gasteiger partial charge on any atom is 0.339 e. The second kappa shape index (κ2) is 8.79. The number of aryl methyl sites for hydroxylation is 1. The molecule has 5 nitrogen and oxygen atoms in total. The number of pyridine rings is 1. The van der Waals surface area contributed by atoms with Crippen molar-refractivity contribution in [1.29, 1.82) is 0 Å². The fourth-order valence-electron chi connectivity index (χ4n) is 3.56. The van der Waals surface area contributed by atoms with Gasteiger partial charge in [0, 0.05) is 17.1 Å². The molecule has 0 atom stereocenters. The summed E-state index contributed by atoms with van der Waals surface area (Å²) in [6.07, 6.45) is 8.06. The van der Waals surface area contributed by atoms with E-state index in [0.717, 1.165) is 42.3 Å². The number of esters is 1. The zero-order valence-corrected chi connectivity index (χ0v) is 15.3. The van der Waals surface area contributed by atoms with Gasteiger partial charge in [0.15, 0.2) is 6.61 Å². The molecular formula is C21H26N2O3. The number of carbonyl (C=O) groups is 2. The van der Waals surface area contributed by atoms with Crippen molar-refractivity contribution < 1.29 is 14.3 Å². The van der Waals surface area contributed by atoms with Gasteiger partial charge in [-0.25, -0.2) is 4.79 Å². The highest BCUT2D eigenvalue weighted by Gasteiger charge is 2.17. The molecule has 1 aliphatic rings. The lowest BCUT2D eigenvalue weighted by Crippen LogP contribution is -2.38. The lowest BCUT2D eigenvalue weighted by molar-refractivity contribution is -0.125. The van der Waals surface area contributed by atoms with E-state index in [-0.39, 0.29) is 18.6 Å². The molecular weight excluding hydrogens is 328 g/mol. The Morgan fingerprint density at radius 2 is 1.81 bits per heavy atom. The molecule has 1 N–H and O–H groups in total. The molecule has 0 radical (unpaired) electrons. The summed E-state index contributed by atoms with van der Waals surface area (Å²) in [5.74, 6) is -0.710. The Bertz CT molecular complexity index is 780. The molecule has 1 amide bonds. The summed E-state index contributed by atoms with van der Waals surface area (Å²) in [5.41, 5.74) is 1.94. The van der Waals surface area contributed by atoms with Crippen molar-refractivity contribution in [2.75, 3.05) is 6.61 Å². The molecule has 1 aromatic heterocycles. The van der Waals surface area contributed by atoms with Gasteiger partial charge in [0.05, 0.1) is 11.1 Å². The van der Waals surface area contributed by atoms with E-state index in [9.17, 15) is 9.59 Å². The van der Waals surface area contributed by atoms with Crippen LogP contribution in [0.5, 0.6) is 0 Å². The van der Waals surface area contributed by atoms with E-state index >= 15 is 0 Å². The maximum atomic E-state index is 12.5. The second-order valence-electron chi connectivity index (χ2n) is 7.01. The third-order valence-electron chi connectivity index (χ3n) is 4.87. The molecule has 1 saturated carbocycles. The van der Waals surface area contributed by atoms with Gasteiger partial charge in [-0.3, -0.25) is 9.78 Å². The first kappa shape index (κ1) is 18.4. The minimum Gasteiger partial charge on any atom is -0.452 e. The minimum absolute atomic E-state index is 0.200. The zero-order chi connectivity index (χ0) is 18.4. The van der Waals surface area contributed by atoms with Crippen molar-refractivity contribution >= 4 is 22.8 Å². The molecule has 1 aliphatic carbocycles. The molecule has 0 aliphatic heterocycles. The molecule has 138 valence electrons. The van der Waals surface area contributed by atoms with Crippen LogP contribution in [0, 0.1) is 6.92 Å². The van der Waals surface area contributed by atoms with Crippen LogP contribution in [0.3, 0.4) is 0 Å². The number of ether oxygens (including phenoxy) is 1. The lowest BCUT2D eigenvalue weighted by Gasteiger charge is -2.21. The smallest absolute Gasteiger partial charge is 0.339 e. The van der Waals surface area contributed by atoms with E-state index in [1.54, 1.807) is 6.07 Å². The van der Waals surface area contributed by atoms with Gasteiger partial charge in [-0.15, -0.1) is 0 Å². The van der Waals surface area contributed by atoms with Crippen LogP contribution >= 0.6 is 0 Å². The Morgan fingerprint density at radius 1 is 1.12 bits per heavy atom. The predicted octanol–water partition coefficient (Wildman–Crippen LogP) is 3.93. The Hall–Kier alpha value is -2.43. The van der Waals surface area contributed by atoms with Gasteiger partial charge in [-0.05, 0) is 31.9 Å². The molecule has 1 aromatic carbocycles. The van der Waals surface area contributed by atoms with Gasteiger partial charge in [0.1, 0.15) is 0 Å². The summed E-state index contributed by atoms with van der Waals surface area (Å²) in [6.45, 7) is 1.59. The Balaban J connectivity index is 1.59. The van der Waals surface area contributed by atoms with Crippen molar-refractivity contribution in [3.63, 3.8) is 0 Å². The van der Waals surface area contributed by atoms with Crippen molar-refractivity contribution in [2.24, 2.45) is 0 Å². The minimum atomic E-state index is -0.487. The number of hydrogen-bond donors (Lipinski definition) is 1. The number of benzene rings is 1. The fourth-order valence-corrected chi connectivity index (χ4v) is 3.56. The molecule has 0 spiro atoms. The number of amides is 1. The van der Waals surface area contributed by atoms with Crippen molar-refractivity contribution in [1.82, 2.24) is 10.3 Å². The van der Waals surface area contributed by atoms with Crippen LogP contribution in [0.4, 0.5) is 0 Å². The molecule has 0 bridgehead atoms. The van der Waals surface area contributed by atoms with Crippen LogP contribution in [-0.2, 0) is 9.53 Å². The first-order valence-corrected chi connectivity index (χ1v) is 9.46. The summed E-state index contributed by atoms with van der Waals surface area (Å²) in [6, 6.07) is 9.35. The fraction of sp³-hybridized carbons (Fsp3) is 0.476. The molecule has 1 heterocycles. The first-order chi connectivity index (χ1) is 12.6. The highest BCUT2D eigenvalue weighted by Crippen LogP contribution is 2.19. The third-order valence-corrected chi connectivity index (χ3v) is 4.87. The number of nitrogens with one attached hydrogen (secondary N) is 1. The molecule has 0 unspecified atom stereocenters. The summed E-state index contributed by atoms with van der Waals surface area (Å²) in [4.78, 5) is 29.1. The Kier molecular flexibility index (Phi) is 6.21. The summed E-state index contributed by atoms with van der Waals surface area (Å²) in [5, 5.41) is 3.75. The van der Waals surface area contributed by atoms with Crippen LogP contribution in [-0.4, -0.2) is 29.5 Å². The van der Waals surface area contributed by atoms with E-state index in [0.29, 0.717) is 5.56 Å². The first-order valence-electron chi connectivity index (χ1n) is 9.46. The average molecular weight is 354 g/mol. The molecule has 3 rings (SSSR count). The summed E-state index contributed by atoms with van der Waals surface area (Å²) >= 11 is 0. The van der Waals surface area contributed by atoms with Crippen molar-refractivity contribution in [3.05, 3.63) is 41.6 Å². The monoisotopic (exact) mass is 354 g/mol. The number of hydrogen-bond acceptors (Lipinski definition) is 4. The maximum absolute atomic E-state index is 12.5. The Morgan fingerprint density at radius 3 is 2.58 bits per heavy atom. The van der Waals surface area contributed by atoms with Crippen LogP contribution in [0.15, 0.2) is 30.3 Å². The second-order valence-corrected chi connectivity index (χ2v) is 7.01. The standard InChI is InChI=1S/C21H26N2O3/c1-15-13-18(17-11-7-8-12-19(17)22-15)21(25)26-14-20(24)23-16-9-5-3-2-4-6-10-16/h7-8,11-13,16H,2-6,9-10,14H2,1H3,(H,23,24). The Labute approximate surface area is 154 Å². The highest BCUT2D eigenvalue weighted by atomic mass is 16.5. The number of carbonyl (C=O) groups excluding carboxylic acids is 2. The molecule has 2 aromatic rings. The zero-order valence-electron chi connectivity index (χ0n) is 15.3. The molecule has 26 heavy (non-hydrogen) atoms. The van der Waals surface area contributed by atoms with Gasteiger partial charge < -0.3 is 10.1 Å². The quantitative estimate of drug-likeness (QED) is 0.845. The van der Waals surface area contributed by atoms with Gasteiger partial charge >= 0.3 is 5.97 Å². The largest absolute Gasteiger partial charge is 0.452 e. The van der Waals surface area contributed by atoms with E-state index in [1.807, 2.05) is 31.2 Å². The van der Waals surface area contributed by atoms with Crippen LogP contribution < -0.4 is 5.32 Å². The van der Waals surface area contributed by atoms with E-state index in [4.69, 9.17) is 4.74 Å². The predicted molar refractivity (Wildman–Crippen MR) is 101 cm³/mol. The van der Waals surface area contributed by atoms with E-state index in [2.05, 4.69) is 10.3 Å². The molecule has 0 saturated heterocycles. The molecule has 1 fully saturated rings. The van der Waals surface area contributed by atoms with Gasteiger partial charge in [-0.2, -0.15) is 0 Å². The number of nitrogens with zero attached hydrogens (tertiary/aromatic N) is 1. The van der Waals surface area contributed by atoms with Gasteiger partial charge in [0.2, 0.25) is 0 Å². The molecule has 5 heteroatoms. The number of fused-ring (bicyclic) bond motifs is 1.